The summed E-state index contributed by atoms with van der Waals surface area (Å²) in [5.74, 6) is -0.981. The van der Waals surface area contributed by atoms with Gasteiger partial charge in [-0.25, -0.2) is 4.39 Å². The van der Waals surface area contributed by atoms with Gasteiger partial charge in [0, 0.05) is 18.9 Å². The molecule has 2 amide bonds. The van der Waals surface area contributed by atoms with E-state index in [2.05, 4.69) is 11.4 Å². The van der Waals surface area contributed by atoms with Gasteiger partial charge < -0.3 is 10.2 Å². The Labute approximate surface area is 162 Å². The molecule has 1 heterocycles. The highest BCUT2D eigenvalue weighted by molar-refractivity contribution is 6.30. The SMILES string of the molecule is CN1C(=O)C[C@H](NC(=O)[C@@]2(C#N)CC23CCCC3)[C@H]1c1ccc(Cl)c(F)c1. The zero-order valence-corrected chi connectivity index (χ0v) is 15.9. The Kier molecular flexibility index (Phi) is 4.19. The van der Waals surface area contributed by atoms with E-state index in [0.29, 0.717) is 12.0 Å². The first-order valence-electron chi connectivity index (χ1n) is 9.26. The zero-order valence-electron chi connectivity index (χ0n) is 15.1. The summed E-state index contributed by atoms with van der Waals surface area (Å²) in [5.41, 5.74) is -0.598. The fourth-order valence-electron chi connectivity index (χ4n) is 5.09. The number of likely N-dealkylation sites (N-methyl/N-ethyl adjacent to an activating group) is 1. The first-order valence-corrected chi connectivity index (χ1v) is 9.64. The highest BCUT2D eigenvalue weighted by atomic mass is 35.5. The summed E-state index contributed by atoms with van der Waals surface area (Å²) in [6.07, 6.45) is 4.64. The minimum absolute atomic E-state index is 0.0101. The lowest BCUT2D eigenvalue weighted by atomic mass is 9.90. The van der Waals surface area contributed by atoms with E-state index in [1.165, 1.54) is 17.0 Å². The maximum absolute atomic E-state index is 13.9. The van der Waals surface area contributed by atoms with Gasteiger partial charge in [0.1, 0.15) is 11.2 Å². The monoisotopic (exact) mass is 389 g/mol. The van der Waals surface area contributed by atoms with Gasteiger partial charge in [-0.05, 0) is 37.0 Å². The third-order valence-corrected chi connectivity index (χ3v) is 7.02. The summed E-state index contributed by atoms with van der Waals surface area (Å²) in [7, 11) is 1.64. The molecule has 0 radical (unpaired) electrons. The summed E-state index contributed by atoms with van der Waals surface area (Å²) in [4.78, 5) is 26.8. The molecule has 1 aromatic carbocycles. The maximum Gasteiger partial charge on any atom is 0.241 e. The highest BCUT2D eigenvalue weighted by Crippen LogP contribution is 2.71. The van der Waals surface area contributed by atoms with Gasteiger partial charge in [0.05, 0.1) is 23.2 Å². The first-order chi connectivity index (χ1) is 12.8. The number of nitrogens with zero attached hydrogens (tertiary/aromatic N) is 2. The second-order valence-electron chi connectivity index (χ2n) is 8.09. The summed E-state index contributed by atoms with van der Waals surface area (Å²) >= 11 is 5.77. The van der Waals surface area contributed by atoms with Crippen LogP contribution in [0.1, 0.15) is 50.1 Å². The van der Waals surface area contributed by atoms with Crippen LogP contribution >= 0.6 is 11.6 Å². The van der Waals surface area contributed by atoms with Crippen LogP contribution in [0.4, 0.5) is 4.39 Å². The van der Waals surface area contributed by atoms with Gasteiger partial charge in [-0.1, -0.05) is 30.5 Å². The Morgan fingerprint density at radius 3 is 2.74 bits per heavy atom. The van der Waals surface area contributed by atoms with Gasteiger partial charge >= 0.3 is 0 Å². The number of benzene rings is 1. The molecular weight excluding hydrogens is 369 g/mol. The van der Waals surface area contributed by atoms with Crippen molar-refractivity contribution in [2.24, 2.45) is 10.8 Å². The minimum atomic E-state index is -0.983. The topological polar surface area (TPSA) is 73.2 Å². The average Bonchev–Trinajstić information content (AvgIpc) is 2.87. The summed E-state index contributed by atoms with van der Waals surface area (Å²) in [6.45, 7) is 0. The second-order valence-corrected chi connectivity index (χ2v) is 8.50. The quantitative estimate of drug-likeness (QED) is 0.861. The highest BCUT2D eigenvalue weighted by Gasteiger charge is 2.73. The number of halogens is 2. The third-order valence-electron chi connectivity index (χ3n) is 6.71. The molecule has 1 N–H and O–H groups in total. The Balaban J connectivity index is 1.58. The minimum Gasteiger partial charge on any atom is -0.349 e. The smallest absolute Gasteiger partial charge is 0.241 e. The summed E-state index contributed by atoms with van der Waals surface area (Å²) in [6, 6.07) is 5.70. The number of amides is 2. The molecule has 1 spiro atoms. The number of nitriles is 1. The molecule has 2 aliphatic carbocycles. The van der Waals surface area contributed by atoms with Crippen LogP contribution < -0.4 is 5.32 Å². The van der Waals surface area contributed by atoms with Crippen LogP contribution in [-0.2, 0) is 9.59 Å². The zero-order chi connectivity index (χ0) is 19.4. The third kappa shape index (κ3) is 2.63. The van der Waals surface area contributed by atoms with Gasteiger partial charge in [0.15, 0.2) is 0 Å². The number of nitrogens with one attached hydrogen (secondary N) is 1. The van der Waals surface area contributed by atoms with Crippen molar-refractivity contribution in [2.45, 2.75) is 50.6 Å². The number of hydrogen-bond donors (Lipinski definition) is 1. The van der Waals surface area contributed by atoms with Crippen molar-refractivity contribution in [2.75, 3.05) is 7.05 Å². The molecule has 0 unspecified atom stereocenters. The lowest BCUT2D eigenvalue weighted by Gasteiger charge is -2.27. The van der Waals surface area contributed by atoms with Crippen molar-refractivity contribution in [3.8, 4) is 6.07 Å². The summed E-state index contributed by atoms with van der Waals surface area (Å²) < 4.78 is 13.9. The molecule has 3 fully saturated rings. The standard InChI is InChI=1S/C20H21ClFN3O2/c1-25-16(26)9-15(17(25)12-4-5-13(21)14(22)8-12)24-18(27)20(11-23)10-19(20)6-2-3-7-19/h4-5,8,15,17H,2-3,6-7,9-10H2,1H3,(H,24,27)/t15-,17+,20-/m0/s1. The van der Waals surface area contributed by atoms with Gasteiger partial charge in [-0.2, -0.15) is 5.26 Å². The fourth-order valence-corrected chi connectivity index (χ4v) is 5.21. The molecule has 0 aromatic heterocycles. The molecule has 1 aliphatic heterocycles. The van der Waals surface area contributed by atoms with Crippen molar-refractivity contribution in [3.63, 3.8) is 0 Å². The van der Waals surface area contributed by atoms with Crippen LogP contribution in [0.15, 0.2) is 18.2 Å². The molecule has 3 atom stereocenters. The Morgan fingerprint density at radius 2 is 2.11 bits per heavy atom. The number of likely N-dealkylation sites (tertiary alicyclic amines) is 1. The van der Waals surface area contributed by atoms with Gasteiger partial charge in [0.2, 0.25) is 11.8 Å². The molecule has 2 saturated carbocycles. The van der Waals surface area contributed by atoms with E-state index in [4.69, 9.17) is 11.6 Å². The Bertz CT molecular complexity index is 861. The lowest BCUT2D eigenvalue weighted by Crippen LogP contribution is -2.43. The number of hydrogen-bond acceptors (Lipinski definition) is 3. The molecule has 7 heteroatoms. The summed E-state index contributed by atoms with van der Waals surface area (Å²) in [5, 5.41) is 12.7. The van der Waals surface area contributed by atoms with Gasteiger partial charge in [-0.15, -0.1) is 0 Å². The van der Waals surface area contributed by atoms with Gasteiger partial charge in [-0.3, -0.25) is 9.59 Å². The number of carbonyl (C=O) groups is 2. The van der Waals surface area contributed by atoms with Crippen LogP contribution in [-0.4, -0.2) is 29.8 Å². The Morgan fingerprint density at radius 1 is 1.41 bits per heavy atom. The van der Waals surface area contributed by atoms with Crippen molar-refractivity contribution >= 4 is 23.4 Å². The maximum atomic E-state index is 13.9. The van der Waals surface area contributed by atoms with E-state index in [0.717, 1.165) is 25.7 Å². The predicted molar refractivity (Wildman–Crippen MR) is 97.0 cm³/mol. The molecule has 142 valence electrons. The van der Waals surface area contributed by atoms with Gasteiger partial charge in [0.25, 0.3) is 0 Å². The van der Waals surface area contributed by atoms with E-state index < -0.39 is 23.3 Å². The molecule has 1 saturated heterocycles. The molecule has 3 aliphatic rings. The van der Waals surface area contributed by atoms with Crippen molar-refractivity contribution < 1.29 is 14.0 Å². The second kappa shape index (κ2) is 6.20. The van der Waals surface area contributed by atoms with E-state index in [1.54, 1.807) is 13.1 Å². The molecule has 5 nitrogen and oxygen atoms in total. The normalized spacial score (nSPS) is 31.2. The molecule has 1 aromatic rings. The van der Waals surface area contributed by atoms with Crippen molar-refractivity contribution in [1.82, 2.24) is 10.2 Å². The fraction of sp³-hybridized carbons (Fsp3) is 0.550. The van der Waals surface area contributed by atoms with Crippen LogP contribution in [0.3, 0.4) is 0 Å². The Hall–Kier alpha value is -2.13. The van der Waals surface area contributed by atoms with E-state index in [1.807, 2.05) is 0 Å². The molecule has 27 heavy (non-hydrogen) atoms. The van der Waals surface area contributed by atoms with Crippen LogP contribution in [0.2, 0.25) is 5.02 Å². The van der Waals surface area contributed by atoms with E-state index in [9.17, 15) is 19.2 Å². The number of carbonyl (C=O) groups excluding carboxylic acids is 2. The first kappa shape index (κ1) is 18.2. The molecule has 4 rings (SSSR count). The van der Waals surface area contributed by atoms with Crippen LogP contribution in [0.25, 0.3) is 0 Å². The molecule has 0 bridgehead atoms. The number of rotatable bonds is 3. The average molecular weight is 390 g/mol. The van der Waals surface area contributed by atoms with E-state index in [-0.39, 0.29) is 28.7 Å². The van der Waals surface area contributed by atoms with Crippen molar-refractivity contribution in [1.29, 1.82) is 5.26 Å². The van der Waals surface area contributed by atoms with E-state index >= 15 is 0 Å². The molecular formula is C20H21ClFN3O2. The predicted octanol–water partition coefficient (Wildman–Crippen LogP) is 3.34. The van der Waals surface area contributed by atoms with Crippen LogP contribution in [0.5, 0.6) is 0 Å². The lowest BCUT2D eigenvalue weighted by molar-refractivity contribution is -0.127. The van der Waals surface area contributed by atoms with Crippen LogP contribution in [0, 0.1) is 28.0 Å². The largest absolute Gasteiger partial charge is 0.349 e. The van der Waals surface area contributed by atoms with Crippen molar-refractivity contribution in [3.05, 3.63) is 34.6 Å².